The van der Waals surface area contributed by atoms with Crippen molar-refractivity contribution in [2.24, 2.45) is 5.92 Å². The summed E-state index contributed by atoms with van der Waals surface area (Å²) in [5.74, 6) is -0.165. The Balaban J connectivity index is 4.32. The van der Waals surface area contributed by atoms with Gasteiger partial charge in [0.1, 0.15) is 0 Å². The Morgan fingerprint density at radius 3 is 2.38 bits per heavy atom. The lowest BCUT2D eigenvalue weighted by Crippen LogP contribution is -2.08. The molecule has 0 spiro atoms. The van der Waals surface area contributed by atoms with E-state index in [1.807, 2.05) is 62.5 Å². The highest BCUT2D eigenvalue weighted by molar-refractivity contribution is 6.29. The van der Waals surface area contributed by atoms with E-state index >= 15 is 0 Å². The third kappa shape index (κ3) is 16.5. The average Bonchev–Trinajstić information content (AvgIpc) is 2.71. The van der Waals surface area contributed by atoms with Gasteiger partial charge in [-0.15, -0.1) is 0 Å². The van der Waals surface area contributed by atoms with Gasteiger partial charge < -0.3 is 9.84 Å². The zero-order chi connectivity index (χ0) is 21.9. The van der Waals surface area contributed by atoms with E-state index in [2.05, 4.69) is 17.7 Å². The number of hydrogen-bond acceptors (Lipinski definition) is 3. The minimum absolute atomic E-state index is 0.211. The number of rotatable bonds is 13. The van der Waals surface area contributed by atoms with Gasteiger partial charge in [-0.3, -0.25) is 0 Å². The molecule has 0 aromatic rings. The van der Waals surface area contributed by atoms with Crippen molar-refractivity contribution < 1.29 is 14.6 Å². The first-order valence-corrected chi connectivity index (χ1v) is 10.4. The topological polar surface area (TPSA) is 46.5 Å². The molecule has 4 heteroatoms. The molecule has 0 radical (unpaired) electrons. The number of carbonyl (C=O) groups is 1. The van der Waals surface area contributed by atoms with E-state index in [0.717, 1.165) is 36.3 Å². The molecule has 3 nitrogen and oxygen atoms in total. The van der Waals surface area contributed by atoms with Crippen molar-refractivity contribution in [3.05, 3.63) is 83.5 Å². The quantitative estimate of drug-likeness (QED) is 0.208. The van der Waals surface area contributed by atoms with E-state index in [1.54, 1.807) is 12.2 Å². The van der Waals surface area contributed by atoms with Crippen LogP contribution in [0.2, 0.25) is 0 Å². The molecule has 160 valence electrons. The predicted molar refractivity (Wildman–Crippen MR) is 125 cm³/mol. The van der Waals surface area contributed by atoms with Crippen LogP contribution in [-0.4, -0.2) is 24.3 Å². The second kappa shape index (κ2) is 18.0. The van der Waals surface area contributed by atoms with Crippen molar-refractivity contribution in [1.29, 1.82) is 0 Å². The van der Waals surface area contributed by atoms with Gasteiger partial charge in [0.2, 0.25) is 0 Å². The molecule has 0 saturated heterocycles. The Kier molecular flexibility index (Phi) is 16.7. The maximum atomic E-state index is 10.9. The van der Waals surface area contributed by atoms with Crippen LogP contribution in [0.1, 0.15) is 46.5 Å². The van der Waals surface area contributed by atoms with E-state index in [9.17, 15) is 9.90 Å². The molecule has 29 heavy (non-hydrogen) atoms. The largest absolute Gasteiger partial charge is 0.466 e. The molecule has 0 aromatic carbocycles. The molecule has 0 heterocycles. The Bertz CT molecular complexity index is 664. The summed E-state index contributed by atoms with van der Waals surface area (Å²) >= 11 is 6.36. The molecule has 0 bridgehead atoms. The number of ether oxygens (including phenoxy) is 1. The van der Waals surface area contributed by atoms with Gasteiger partial charge in [-0.1, -0.05) is 84.9 Å². The van der Waals surface area contributed by atoms with Crippen LogP contribution in [0.5, 0.6) is 0 Å². The van der Waals surface area contributed by atoms with Crippen LogP contribution in [0.15, 0.2) is 83.5 Å². The third-order valence-electron chi connectivity index (χ3n) is 4.14. The fourth-order valence-corrected chi connectivity index (χ4v) is 2.47. The minimum Gasteiger partial charge on any atom is -0.466 e. The first-order chi connectivity index (χ1) is 13.9. The molecule has 0 unspecified atom stereocenters. The first kappa shape index (κ1) is 26.9. The standard InChI is InChI=1S/C25H35ClO3/c1-5-6-7-8-9-16-23(27)20-19-22(3)24(26)17-12-10-14-21(2)15-11-13-18-25(28)29-4/h5-8,10-15,17-18,22-23,27H,9,16,19-20H2,1-4H3/b6-5+,8-7+,12-10+,15-11+,18-13+,21-14+,24-17-/t22-,23+/m0/s1. The Labute approximate surface area is 181 Å². The number of aliphatic hydroxyl groups excluding tert-OH is 1. The van der Waals surface area contributed by atoms with Gasteiger partial charge in [0, 0.05) is 11.1 Å². The molecule has 0 aromatic heterocycles. The molecule has 0 rings (SSSR count). The van der Waals surface area contributed by atoms with Crippen LogP contribution >= 0.6 is 11.6 Å². The van der Waals surface area contributed by atoms with E-state index in [1.165, 1.54) is 13.2 Å². The van der Waals surface area contributed by atoms with E-state index in [0.29, 0.717) is 0 Å². The molecule has 0 aliphatic heterocycles. The van der Waals surface area contributed by atoms with Gasteiger partial charge in [0.05, 0.1) is 13.2 Å². The smallest absolute Gasteiger partial charge is 0.330 e. The van der Waals surface area contributed by atoms with E-state index in [4.69, 9.17) is 11.6 Å². The number of aliphatic hydroxyl groups is 1. The summed E-state index contributed by atoms with van der Waals surface area (Å²) in [6, 6.07) is 0. The fourth-order valence-electron chi connectivity index (χ4n) is 2.28. The predicted octanol–water partition coefficient (Wildman–Crippen LogP) is 6.59. The molecule has 0 amide bonds. The number of hydrogen-bond donors (Lipinski definition) is 1. The van der Waals surface area contributed by atoms with Crippen molar-refractivity contribution in [3.63, 3.8) is 0 Å². The third-order valence-corrected chi connectivity index (χ3v) is 4.64. The highest BCUT2D eigenvalue weighted by Crippen LogP contribution is 2.22. The summed E-state index contributed by atoms with van der Waals surface area (Å²) in [7, 11) is 1.35. The molecule has 2 atom stereocenters. The van der Waals surface area contributed by atoms with Crippen molar-refractivity contribution >= 4 is 17.6 Å². The molecule has 0 aliphatic rings. The molecule has 0 saturated carbocycles. The van der Waals surface area contributed by atoms with Crippen LogP contribution in [0.4, 0.5) is 0 Å². The summed E-state index contributed by atoms with van der Waals surface area (Å²) in [6.45, 7) is 6.02. The van der Waals surface area contributed by atoms with E-state index < -0.39 is 0 Å². The minimum atomic E-state index is -0.376. The molecule has 0 aliphatic carbocycles. The number of halogens is 1. The average molecular weight is 419 g/mol. The number of carbonyl (C=O) groups excluding carboxylic acids is 1. The van der Waals surface area contributed by atoms with Gasteiger partial charge in [0.15, 0.2) is 0 Å². The normalized spacial score (nSPS) is 16.1. The van der Waals surface area contributed by atoms with Gasteiger partial charge in [-0.25, -0.2) is 4.79 Å². The number of methoxy groups -OCH3 is 1. The molecular formula is C25H35ClO3. The van der Waals surface area contributed by atoms with Crippen molar-refractivity contribution in [1.82, 2.24) is 0 Å². The van der Waals surface area contributed by atoms with Crippen LogP contribution in [-0.2, 0) is 9.53 Å². The summed E-state index contributed by atoms with van der Waals surface area (Å²) in [5, 5.41) is 10.9. The fraction of sp³-hybridized carbons (Fsp3) is 0.400. The molecular weight excluding hydrogens is 384 g/mol. The van der Waals surface area contributed by atoms with Crippen LogP contribution < -0.4 is 0 Å². The highest BCUT2D eigenvalue weighted by Gasteiger charge is 2.09. The van der Waals surface area contributed by atoms with Crippen LogP contribution in [0.25, 0.3) is 0 Å². The first-order valence-electron chi connectivity index (χ1n) is 9.99. The van der Waals surface area contributed by atoms with Crippen molar-refractivity contribution in [2.45, 2.75) is 52.6 Å². The second-order valence-electron chi connectivity index (χ2n) is 6.75. The maximum Gasteiger partial charge on any atom is 0.330 e. The van der Waals surface area contributed by atoms with Gasteiger partial charge in [-0.2, -0.15) is 0 Å². The zero-order valence-electron chi connectivity index (χ0n) is 18.1. The SMILES string of the molecule is C/C=C/C=C/CC[C@@H](O)CC[C@H](C)/C(Cl)=C/C=C/C=C(C)/C=C/C=C/C(=O)OC. The molecule has 0 fully saturated rings. The van der Waals surface area contributed by atoms with Gasteiger partial charge in [0.25, 0.3) is 0 Å². The number of allylic oxidation sites excluding steroid dienone is 13. The van der Waals surface area contributed by atoms with Crippen molar-refractivity contribution in [2.75, 3.05) is 7.11 Å². The zero-order valence-corrected chi connectivity index (χ0v) is 18.8. The van der Waals surface area contributed by atoms with Crippen LogP contribution in [0, 0.1) is 5.92 Å². The summed E-state index contributed by atoms with van der Waals surface area (Å²) in [5.41, 5.74) is 1.04. The highest BCUT2D eigenvalue weighted by atomic mass is 35.5. The summed E-state index contributed by atoms with van der Waals surface area (Å²) < 4.78 is 4.52. The Morgan fingerprint density at radius 1 is 1.00 bits per heavy atom. The lowest BCUT2D eigenvalue weighted by molar-refractivity contribution is -0.134. The summed E-state index contributed by atoms with van der Waals surface area (Å²) in [6.07, 6.45) is 25.4. The monoisotopic (exact) mass is 418 g/mol. The Hall–Kier alpha value is -2.10. The molecule has 1 N–H and O–H groups in total. The van der Waals surface area contributed by atoms with Crippen LogP contribution in [0.3, 0.4) is 0 Å². The van der Waals surface area contributed by atoms with E-state index in [-0.39, 0.29) is 18.0 Å². The Morgan fingerprint density at radius 2 is 1.69 bits per heavy atom. The van der Waals surface area contributed by atoms with Crippen molar-refractivity contribution in [3.8, 4) is 0 Å². The summed E-state index contributed by atoms with van der Waals surface area (Å²) in [4.78, 5) is 10.9. The lowest BCUT2D eigenvalue weighted by atomic mass is 10.00. The van der Waals surface area contributed by atoms with Gasteiger partial charge in [-0.05, 0) is 51.5 Å². The number of esters is 1. The second-order valence-corrected chi connectivity index (χ2v) is 7.19. The maximum absolute atomic E-state index is 10.9. The lowest BCUT2D eigenvalue weighted by Gasteiger charge is -2.13. The van der Waals surface area contributed by atoms with Gasteiger partial charge >= 0.3 is 5.97 Å².